The van der Waals surface area contributed by atoms with Gasteiger partial charge in [0.25, 0.3) is 5.91 Å². The van der Waals surface area contributed by atoms with E-state index in [0.29, 0.717) is 4.91 Å². The SMILES string of the molecule is Cc1ccc(/C=C2\SC(=S)N(CC(=O)Nc3cc(C(=O)O)cc(C(=O)O)c3)C2=O)cc1. The van der Waals surface area contributed by atoms with Crippen LogP contribution in [0.1, 0.15) is 31.8 Å². The van der Waals surface area contributed by atoms with E-state index in [1.165, 1.54) is 0 Å². The number of thiocarbonyl (C=S) groups is 1. The number of nitrogens with zero attached hydrogens (tertiary/aromatic N) is 1. The van der Waals surface area contributed by atoms with Gasteiger partial charge in [-0.25, -0.2) is 9.59 Å². The van der Waals surface area contributed by atoms with E-state index in [1.54, 1.807) is 6.08 Å². The average Bonchev–Trinajstić information content (AvgIpc) is 2.96. The number of hydrogen-bond donors (Lipinski definition) is 3. The highest BCUT2D eigenvalue weighted by molar-refractivity contribution is 8.26. The van der Waals surface area contributed by atoms with E-state index in [9.17, 15) is 19.2 Å². The van der Waals surface area contributed by atoms with Gasteiger partial charge >= 0.3 is 11.9 Å². The fourth-order valence-corrected chi connectivity index (χ4v) is 4.00. The zero-order valence-corrected chi connectivity index (χ0v) is 17.8. The van der Waals surface area contributed by atoms with Gasteiger partial charge in [0.1, 0.15) is 10.9 Å². The van der Waals surface area contributed by atoms with Gasteiger partial charge in [-0.3, -0.25) is 14.5 Å². The molecule has 1 saturated heterocycles. The number of aryl methyl sites for hydroxylation is 1. The second kappa shape index (κ2) is 9.11. The van der Waals surface area contributed by atoms with E-state index < -0.39 is 30.3 Å². The van der Waals surface area contributed by atoms with Crippen LogP contribution in [0.5, 0.6) is 0 Å². The van der Waals surface area contributed by atoms with Crippen LogP contribution < -0.4 is 5.32 Å². The van der Waals surface area contributed by atoms with Gasteiger partial charge in [-0.1, -0.05) is 53.8 Å². The van der Waals surface area contributed by atoms with Gasteiger partial charge in [0.05, 0.1) is 16.0 Å². The Morgan fingerprint density at radius 3 is 2.19 bits per heavy atom. The van der Waals surface area contributed by atoms with Crippen LogP contribution >= 0.6 is 24.0 Å². The van der Waals surface area contributed by atoms with Crippen LogP contribution in [-0.2, 0) is 9.59 Å². The van der Waals surface area contributed by atoms with Gasteiger partial charge in [0, 0.05) is 5.69 Å². The molecule has 31 heavy (non-hydrogen) atoms. The number of carbonyl (C=O) groups excluding carboxylic acids is 2. The molecule has 3 rings (SSSR count). The van der Waals surface area contributed by atoms with Crippen LogP contribution in [0.4, 0.5) is 5.69 Å². The van der Waals surface area contributed by atoms with Gasteiger partial charge in [0.2, 0.25) is 5.91 Å². The molecule has 0 saturated carbocycles. The molecule has 3 N–H and O–H groups in total. The van der Waals surface area contributed by atoms with E-state index >= 15 is 0 Å². The van der Waals surface area contributed by atoms with E-state index in [0.717, 1.165) is 46.0 Å². The summed E-state index contributed by atoms with van der Waals surface area (Å²) in [5, 5.41) is 20.7. The molecular formula is C21H16N2O6S2. The summed E-state index contributed by atoms with van der Waals surface area (Å²) in [5.41, 5.74) is 1.31. The largest absolute Gasteiger partial charge is 0.478 e. The molecule has 0 atom stereocenters. The van der Waals surface area contributed by atoms with Crippen molar-refractivity contribution >= 4 is 63.8 Å². The summed E-state index contributed by atoms with van der Waals surface area (Å²) in [6, 6.07) is 10.8. The third kappa shape index (κ3) is 5.36. The molecule has 1 fully saturated rings. The minimum atomic E-state index is -1.34. The van der Waals surface area contributed by atoms with Crippen molar-refractivity contribution in [3.8, 4) is 0 Å². The number of amides is 2. The van der Waals surface area contributed by atoms with Crippen molar-refractivity contribution in [1.29, 1.82) is 0 Å². The van der Waals surface area contributed by atoms with Gasteiger partial charge in [-0.15, -0.1) is 0 Å². The molecule has 158 valence electrons. The normalized spacial score (nSPS) is 14.7. The van der Waals surface area contributed by atoms with Crippen LogP contribution in [-0.4, -0.2) is 49.7 Å². The monoisotopic (exact) mass is 456 g/mol. The lowest BCUT2D eigenvalue weighted by Gasteiger charge is -2.14. The Hall–Kier alpha value is -3.50. The second-order valence-electron chi connectivity index (χ2n) is 6.64. The Balaban J connectivity index is 1.74. The minimum Gasteiger partial charge on any atom is -0.478 e. The molecule has 1 aliphatic rings. The highest BCUT2D eigenvalue weighted by atomic mass is 32.2. The number of thioether (sulfide) groups is 1. The summed E-state index contributed by atoms with van der Waals surface area (Å²) in [4.78, 5) is 49.0. The van der Waals surface area contributed by atoms with Gasteiger partial charge in [-0.05, 0) is 36.8 Å². The van der Waals surface area contributed by atoms with Crippen molar-refractivity contribution in [3.05, 3.63) is 69.6 Å². The van der Waals surface area contributed by atoms with Crippen LogP contribution in [0.3, 0.4) is 0 Å². The zero-order chi connectivity index (χ0) is 22.7. The van der Waals surface area contributed by atoms with Gasteiger partial charge in [-0.2, -0.15) is 0 Å². The first-order chi connectivity index (χ1) is 14.6. The van der Waals surface area contributed by atoms with Crippen LogP contribution in [0, 0.1) is 6.92 Å². The van der Waals surface area contributed by atoms with Crippen LogP contribution in [0.2, 0.25) is 0 Å². The maximum absolute atomic E-state index is 12.7. The lowest BCUT2D eigenvalue weighted by atomic mass is 10.1. The Bertz CT molecular complexity index is 1110. The van der Waals surface area contributed by atoms with Crippen LogP contribution in [0.25, 0.3) is 6.08 Å². The standard InChI is InChI=1S/C21H16N2O6S2/c1-11-2-4-12(5-3-11)6-16-18(25)23(21(30)31-16)10-17(24)22-15-8-13(19(26)27)7-14(9-15)20(28)29/h2-9H,10H2,1H3,(H,22,24)(H,26,27)(H,28,29)/b16-6-. The van der Waals surface area contributed by atoms with Gasteiger partial charge in [0.15, 0.2) is 0 Å². The fourth-order valence-electron chi connectivity index (χ4n) is 2.74. The first kappa shape index (κ1) is 22.2. The average molecular weight is 457 g/mol. The fraction of sp³-hybridized carbons (Fsp3) is 0.0952. The molecule has 10 heteroatoms. The lowest BCUT2D eigenvalue weighted by molar-refractivity contribution is -0.126. The maximum Gasteiger partial charge on any atom is 0.335 e. The predicted octanol–water partition coefficient (Wildman–Crippen LogP) is 3.23. The lowest BCUT2D eigenvalue weighted by Crippen LogP contribution is -2.36. The van der Waals surface area contributed by atoms with E-state index in [1.807, 2.05) is 31.2 Å². The number of carboxylic acid groups (broad SMARTS) is 2. The molecule has 0 spiro atoms. The minimum absolute atomic E-state index is 0.0112. The number of benzene rings is 2. The van der Waals surface area contributed by atoms with Crippen molar-refractivity contribution in [2.75, 3.05) is 11.9 Å². The third-order valence-electron chi connectivity index (χ3n) is 4.26. The number of carboxylic acids is 2. The molecule has 2 amide bonds. The smallest absolute Gasteiger partial charge is 0.335 e. The molecule has 8 nitrogen and oxygen atoms in total. The molecule has 1 aliphatic heterocycles. The molecular weight excluding hydrogens is 440 g/mol. The second-order valence-corrected chi connectivity index (χ2v) is 8.31. The third-order valence-corrected chi connectivity index (χ3v) is 5.64. The quantitative estimate of drug-likeness (QED) is 0.447. The highest BCUT2D eigenvalue weighted by Crippen LogP contribution is 2.32. The first-order valence-electron chi connectivity index (χ1n) is 8.87. The number of hydrogen-bond acceptors (Lipinski definition) is 6. The van der Waals surface area contributed by atoms with Crippen molar-refractivity contribution in [2.45, 2.75) is 6.92 Å². The van der Waals surface area contributed by atoms with Crippen molar-refractivity contribution in [1.82, 2.24) is 4.90 Å². The molecule has 2 aromatic rings. The Morgan fingerprint density at radius 1 is 1.06 bits per heavy atom. The van der Waals surface area contributed by atoms with E-state index in [2.05, 4.69) is 5.32 Å². The predicted molar refractivity (Wildman–Crippen MR) is 120 cm³/mol. The number of aromatic carboxylic acids is 2. The van der Waals surface area contributed by atoms with Crippen molar-refractivity contribution < 1.29 is 29.4 Å². The number of carbonyl (C=O) groups is 4. The molecule has 2 aromatic carbocycles. The van der Waals surface area contributed by atoms with E-state index in [-0.39, 0.29) is 21.1 Å². The number of nitrogens with one attached hydrogen (secondary N) is 1. The maximum atomic E-state index is 12.7. The first-order valence-corrected chi connectivity index (χ1v) is 10.1. The molecule has 0 unspecified atom stereocenters. The summed E-state index contributed by atoms with van der Waals surface area (Å²) >= 11 is 6.29. The molecule has 0 aliphatic carbocycles. The summed E-state index contributed by atoms with van der Waals surface area (Å²) in [6.45, 7) is 1.56. The number of anilines is 1. The topological polar surface area (TPSA) is 124 Å². The number of rotatable bonds is 6. The summed E-state index contributed by atoms with van der Waals surface area (Å²) < 4.78 is 0.212. The molecule has 1 heterocycles. The highest BCUT2D eigenvalue weighted by Gasteiger charge is 2.33. The molecule has 0 radical (unpaired) electrons. The Kier molecular flexibility index (Phi) is 6.52. The van der Waals surface area contributed by atoms with Gasteiger partial charge < -0.3 is 15.5 Å². The Labute approximate surface area is 186 Å². The molecule has 0 bridgehead atoms. The van der Waals surface area contributed by atoms with E-state index in [4.69, 9.17) is 22.4 Å². The zero-order valence-electron chi connectivity index (χ0n) is 16.1. The summed E-state index contributed by atoms with van der Waals surface area (Å²) in [6.07, 6.45) is 1.69. The van der Waals surface area contributed by atoms with Crippen LogP contribution in [0.15, 0.2) is 47.4 Å². The van der Waals surface area contributed by atoms with Crippen molar-refractivity contribution in [2.24, 2.45) is 0 Å². The summed E-state index contributed by atoms with van der Waals surface area (Å²) in [5.74, 6) is -3.74. The summed E-state index contributed by atoms with van der Waals surface area (Å²) in [7, 11) is 0. The molecule has 0 aromatic heterocycles. The Morgan fingerprint density at radius 2 is 1.65 bits per heavy atom. The van der Waals surface area contributed by atoms with Crippen molar-refractivity contribution in [3.63, 3.8) is 0 Å².